The van der Waals surface area contributed by atoms with Crippen LogP contribution in [0.2, 0.25) is 0 Å². The quantitative estimate of drug-likeness (QED) is 0.423. The second-order valence-electron chi connectivity index (χ2n) is 5.74. The maximum atomic E-state index is 14.9. The summed E-state index contributed by atoms with van der Waals surface area (Å²) in [4.78, 5) is 0. The molecule has 0 radical (unpaired) electrons. The predicted molar refractivity (Wildman–Crippen MR) is 92.5 cm³/mol. The van der Waals surface area contributed by atoms with Gasteiger partial charge in [0.1, 0.15) is 0 Å². The summed E-state index contributed by atoms with van der Waals surface area (Å²) in [6.07, 6.45) is 4.06. The van der Waals surface area contributed by atoms with Gasteiger partial charge in [-0.3, -0.25) is 4.57 Å². The molecule has 0 aromatic carbocycles. The number of hydrogen-bond donors (Lipinski definition) is 0. The molecule has 22 heavy (non-hydrogen) atoms. The van der Waals surface area contributed by atoms with Crippen LogP contribution in [0.4, 0.5) is 4.39 Å². The van der Waals surface area contributed by atoms with Crippen molar-refractivity contribution in [2.24, 2.45) is 0 Å². The Morgan fingerprint density at radius 2 is 1.50 bits per heavy atom. The molecule has 2 aliphatic rings. The minimum Gasteiger partial charge on any atom is -0.383 e. The number of fused-ring (bicyclic) bond motifs is 1. The first-order chi connectivity index (χ1) is 10.4. The smallest absolute Gasteiger partial charge is 0.296 e. The lowest BCUT2D eigenvalue weighted by molar-refractivity contribution is 0.136. The van der Waals surface area contributed by atoms with E-state index in [-0.39, 0.29) is 12.1 Å². The van der Waals surface area contributed by atoms with Crippen molar-refractivity contribution in [3.8, 4) is 0 Å². The molecular formula is C13H24Br2FN2O3P. The Hall–Kier alpha value is 0.960. The zero-order chi connectivity index (χ0) is 16.4. The molecule has 2 rings (SSSR count). The van der Waals surface area contributed by atoms with Crippen LogP contribution in [0.1, 0.15) is 25.7 Å². The van der Waals surface area contributed by atoms with Crippen LogP contribution in [0.15, 0.2) is 0 Å². The Kier molecular flexibility index (Phi) is 6.92. The Morgan fingerprint density at radius 3 is 1.82 bits per heavy atom. The van der Waals surface area contributed by atoms with Crippen molar-refractivity contribution < 1.29 is 18.4 Å². The molecule has 2 atom stereocenters. The van der Waals surface area contributed by atoms with Crippen molar-refractivity contribution in [2.75, 3.05) is 40.5 Å². The Morgan fingerprint density at radius 1 is 1.09 bits per heavy atom. The van der Waals surface area contributed by atoms with Gasteiger partial charge in [0.25, 0.3) is 10.7 Å². The summed E-state index contributed by atoms with van der Waals surface area (Å²) < 4.78 is 40.5. The van der Waals surface area contributed by atoms with Gasteiger partial charge in [-0.25, -0.2) is 13.7 Å². The van der Waals surface area contributed by atoms with Crippen LogP contribution in [0.25, 0.3) is 0 Å². The van der Waals surface area contributed by atoms with Crippen LogP contribution >= 0.6 is 39.3 Å². The normalized spacial score (nSPS) is 29.7. The van der Waals surface area contributed by atoms with E-state index in [1.165, 1.54) is 0 Å². The van der Waals surface area contributed by atoms with Gasteiger partial charge in [-0.05, 0) is 44.7 Å². The van der Waals surface area contributed by atoms with Crippen molar-refractivity contribution in [1.82, 2.24) is 9.34 Å². The molecule has 1 heterocycles. The molecule has 0 unspecified atom stereocenters. The lowest BCUT2D eigenvalue weighted by Gasteiger charge is -2.35. The van der Waals surface area contributed by atoms with Crippen LogP contribution in [0.5, 0.6) is 0 Å². The van der Waals surface area contributed by atoms with E-state index in [0.29, 0.717) is 26.3 Å². The molecule has 2 fully saturated rings. The summed E-state index contributed by atoms with van der Waals surface area (Å²) in [5.74, 6) is 0. The molecule has 1 saturated carbocycles. The van der Waals surface area contributed by atoms with Crippen LogP contribution in [-0.2, 0) is 14.0 Å². The average Bonchev–Trinajstić information content (AvgIpc) is 2.72. The largest absolute Gasteiger partial charge is 0.383 e. The molecule has 0 N–H and O–H groups in total. The van der Waals surface area contributed by atoms with Crippen molar-refractivity contribution >= 4 is 39.3 Å². The third kappa shape index (κ3) is 3.48. The van der Waals surface area contributed by atoms with E-state index in [1.807, 2.05) is 9.34 Å². The molecule has 0 amide bonds. The first-order valence-corrected chi connectivity index (χ1v) is 10.8. The molecule has 0 bridgehead atoms. The highest BCUT2D eigenvalue weighted by molar-refractivity contribution is 9.27. The summed E-state index contributed by atoms with van der Waals surface area (Å²) in [7, 11) is -0.257. The highest BCUT2D eigenvalue weighted by atomic mass is 79.9. The molecule has 1 aliphatic heterocycles. The van der Waals surface area contributed by atoms with Gasteiger partial charge in [-0.15, -0.1) is 0 Å². The minimum absolute atomic E-state index is 0.108. The van der Waals surface area contributed by atoms with Crippen LogP contribution in [0, 0.1) is 0 Å². The molecular weight excluding hydrogens is 442 g/mol. The van der Waals surface area contributed by atoms with E-state index in [1.54, 1.807) is 14.2 Å². The van der Waals surface area contributed by atoms with Crippen LogP contribution in [0.3, 0.4) is 0 Å². The number of alkyl halides is 3. The van der Waals surface area contributed by atoms with Crippen molar-refractivity contribution in [1.29, 1.82) is 0 Å². The molecule has 1 saturated heterocycles. The minimum atomic E-state index is -3.47. The highest BCUT2D eigenvalue weighted by Gasteiger charge is 2.63. The Labute approximate surface area is 148 Å². The van der Waals surface area contributed by atoms with Crippen LogP contribution in [-0.4, -0.2) is 65.2 Å². The van der Waals surface area contributed by atoms with Gasteiger partial charge < -0.3 is 9.47 Å². The highest BCUT2D eigenvalue weighted by Crippen LogP contribution is 2.75. The zero-order valence-electron chi connectivity index (χ0n) is 13.0. The van der Waals surface area contributed by atoms with E-state index >= 15 is 0 Å². The fourth-order valence-corrected chi connectivity index (χ4v) is 8.97. The molecule has 0 spiro atoms. The number of halogens is 3. The third-order valence-corrected chi connectivity index (χ3v) is 10.4. The maximum Gasteiger partial charge on any atom is 0.296 e. The maximum absolute atomic E-state index is 14.9. The monoisotopic (exact) mass is 464 g/mol. The molecule has 0 aromatic rings. The summed E-state index contributed by atoms with van der Waals surface area (Å²) >= 11 is 5.96. The number of hydrogen-bond acceptors (Lipinski definition) is 3. The lowest BCUT2D eigenvalue weighted by atomic mass is 9.90. The van der Waals surface area contributed by atoms with Crippen molar-refractivity contribution in [3.05, 3.63) is 0 Å². The average molecular weight is 466 g/mol. The summed E-state index contributed by atoms with van der Waals surface area (Å²) in [6.45, 7) is 1.78. The second-order valence-corrected chi connectivity index (χ2v) is 12.9. The van der Waals surface area contributed by atoms with Crippen molar-refractivity contribution in [2.45, 2.75) is 41.0 Å². The number of nitrogens with zero attached hydrogens (tertiary/aromatic N) is 2. The van der Waals surface area contributed by atoms with Gasteiger partial charge in [0.2, 0.25) is 0 Å². The first kappa shape index (κ1) is 19.3. The van der Waals surface area contributed by atoms with E-state index in [4.69, 9.17) is 9.47 Å². The standard InChI is InChI=1S/C13H24Br2FN2O3P/c1-20-9-7-17-11-5-3-4-6-12(11)18(8-10-21-2)22(17,19)13(14,15)16/h11-12H,3-10H2,1-2H3/t11-,12-/m1/s1. The fraction of sp³-hybridized carbons (Fsp3) is 1.00. The number of rotatable bonds is 7. The topological polar surface area (TPSA) is 42.0 Å². The van der Waals surface area contributed by atoms with Gasteiger partial charge in [0.15, 0.2) is 0 Å². The summed E-state index contributed by atoms with van der Waals surface area (Å²) in [5, 5.41) is 0. The molecule has 130 valence electrons. The summed E-state index contributed by atoms with van der Waals surface area (Å²) in [6, 6.07) is 0.216. The van der Waals surface area contributed by atoms with E-state index in [9.17, 15) is 8.96 Å². The molecule has 0 aromatic heterocycles. The Bertz CT molecular complexity index is 397. The fourth-order valence-electron chi connectivity index (χ4n) is 3.60. The summed E-state index contributed by atoms with van der Waals surface area (Å²) in [5.41, 5.74) is 0. The van der Waals surface area contributed by atoms with E-state index in [0.717, 1.165) is 25.7 Å². The second kappa shape index (κ2) is 7.89. The van der Waals surface area contributed by atoms with Gasteiger partial charge in [-0.1, -0.05) is 12.8 Å². The van der Waals surface area contributed by atoms with Gasteiger partial charge in [0.05, 0.1) is 13.2 Å². The van der Waals surface area contributed by atoms with Gasteiger partial charge in [0, 0.05) is 39.4 Å². The third-order valence-electron chi connectivity index (χ3n) is 4.54. The number of methoxy groups -OCH3 is 2. The van der Waals surface area contributed by atoms with E-state index in [2.05, 4.69) is 31.9 Å². The van der Waals surface area contributed by atoms with Crippen molar-refractivity contribution in [3.63, 3.8) is 0 Å². The predicted octanol–water partition coefficient (Wildman–Crippen LogP) is 3.77. The number of ether oxygens (including phenoxy) is 2. The molecule has 1 aliphatic carbocycles. The van der Waals surface area contributed by atoms with Gasteiger partial charge >= 0.3 is 0 Å². The van der Waals surface area contributed by atoms with E-state index < -0.39 is 10.7 Å². The Balaban J connectivity index is 2.37. The SMILES string of the molecule is COCCN1[C@@H]2CCCC[C@H]2N(CCOC)P1(=O)C(F)(Br)Br. The first-order valence-electron chi connectivity index (χ1n) is 7.57. The van der Waals surface area contributed by atoms with Crippen LogP contribution < -0.4 is 0 Å². The zero-order valence-corrected chi connectivity index (χ0v) is 17.1. The molecule has 9 heteroatoms. The molecule has 5 nitrogen and oxygen atoms in total. The lowest BCUT2D eigenvalue weighted by Crippen LogP contribution is -2.41. The van der Waals surface area contributed by atoms with Gasteiger partial charge in [-0.2, -0.15) is 0 Å².